The van der Waals surface area contributed by atoms with E-state index >= 15 is 0 Å². The molecule has 2 aromatic carbocycles. The standard InChI is InChI=1S/C10H16N2O4.C8H12N2O2/c11-7-5-8(12)10(16-4-2-14)6-9(7)15-3-1-13;1-5(11)12-8-3-2-6(9)4-7(8)10/h5-6,13-14H,1-4,11-12H2;2-5,11H,9-10H2,1H3. The van der Waals surface area contributed by atoms with Gasteiger partial charge in [0.15, 0.2) is 6.29 Å². The summed E-state index contributed by atoms with van der Waals surface area (Å²) in [6, 6.07) is 7.92. The van der Waals surface area contributed by atoms with E-state index in [-0.39, 0.29) is 26.4 Å². The van der Waals surface area contributed by atoms with Gasteiger partial charge in [-0.1, -0.05) is 0 Å². The summed E-state index contributed by atoms with van der Waals surface area (Å²) in [5.74, 6) is 1.24. The van der Waals surface area contributed by atoms with Gasteiger partial charge >= 0.3 is 0 Å². The molecule has 28 heavy (non-hydrogen) atoms. The first-order chi connectivity index (χ1) is 13.3. The molecule has 0 aliphatic rings. The number of nitrogens with two attached hydrogens (primary N) is 4. The summed E-state index contributed by atoms with van der Waals surface area (Å²) in [5.41, 5.74) is 24.1. The molecule has 0 bridgehead atoms. The van der Waals surface area contributed by atoms with Crippen LogP contribution < -0.4 is 37.1 Å². The maximum Gasteiger partial charge on any atom is 0.194 e. The van der Waals surface area contributed by atoms with Crippen molar-refractivity contribution in [3.8, 4) is 17.2 Å². The summed E-state index contributed by atoms with van der Waals surface area (Å²) in [5, 5.41) is 26.1. The van der Waals surface area contributed by atoms with E-state index in [1.807, 2.05) is 0 Å². The van der Waals surface area contributed by atoms with Crippen LogP contribution in [0.25, 0.3) is 0 Å². The van der Waals surface area contributed by atoms with E-state index in [1.165, 1.54) is 19.1 Å². The van der Waals surface area contributed by atoms with E-state index in [1.54, 1.807) is 18.2 Å². The molecule has 156 valence electrons. The van der Waals surface area contributed by atoms with Crippen LogP contribution in [0.3, 0.4) is 0 Å². The van der Waals surface area contributed by atoms with Crippen molar-refractivity contribution in [3.63, 3.8) is 0 Å². The first-order valence-corrected chi connectivity index (χ1v) is 8.44. The normalized spacial score (nSPS) is 11.1. The summed E-state index contributed by atoms with van der Waals surface area (Å²) < 4.78 is 15.4. The van der Waals surface area contributed by atoms with Crippen LogP contribution in [0.15, 0.2) is 30.3 Å². The van der Waals surface area contributed by atoms with Crippen molar-refractivity contribution in [2.75, 3.05) is 49.4 Å². The van der Waals surface area contributed by atoms with Crippen molar-refractivity contribution in [1.29, 1.82) is 0 Å². The second-order valence-electron chi connectivity index (χ2n) is 5.59. The van der Waals surface area contributed by atoms with E-state index < -0.39 is 6.29 Å². The average Bonchev–Trinajstić information content (AvgIpc) is 2.63. The monoisotopic (exact) mass is 396 g/mol. The van der Waals surface area contributed by atoms with Gasteiger partial charge in [0.2, 0.25) is 0 Å². The van der Waals surface area contributed by atoms with E-state index in [0.717, 1.165) is 0 Å². The zero-order valence-electron chi connectivity index (χ0n) is 15.7. The fraction of sp³-hybridized carbons (Fsp3) is 0.333. The Morgan fingerprint density at radius 1 is 0.786 bits per heavy atom. The third-order valence-corrected chi connectivity index (χ3v) is 3.17. The lowest BCUT2D eigenvalue weighted by molar-refractivity contribution is 0.000280. The molecule has 2 aromatic rings. The number of aliphatic hydroxyl groups excluding tert-OH is 3. The minimum absolute atomic E-state index is 0.101. The van der Waals surface area contributed by atoms with Crippen molar-refractivity contribution >= 4 is 22.7 Å². The van der Waals surface area contributed by atoms with Gasteiger partial charge in [-0.3, -0.25) is 0 Å². The Morgan fingerprint density at radius 2 is 1.29 bits per heavy atom. The van der Waals surface area contributed by atoms with Gasteiger partial charge in [0.1, 0.15) is 30.5 Å². The molecule has 0 aliphatic heterocycles. The molecule has 1 atom stereocenters. The van der Waals surface area contributed by atoms with E-state index in [9.17, 15) is 0 Å². The summed E-state index contributed by atoms with van der Waals surface area (Å²) in [6.45, 7) is 1.60. The maximum absolute atomic E-state index is 8.89. The second kappa shape index (κ2) is 11.6. The number of rotatable bonds is 8. The summed E-state index contributed by atoms with van der Waals surface area (Å²) in [6.07, 6.45) is -0.865. The predicted molar refractivity (Wildman–Crippen MR) is 108 cm³/mol. The smallest absolute Gasteiger partial charge is 0.194 e. The van der Waals surface area contributed by atoms with Gasteiger partial charge in [-0.2, -0.15) is 0 Å². The van der Waals surface area contributed by atoms with Crippen molar-refractivity contribution in [2.45, 2.75) is 13.2 Å². The molecule has 0 radical (unpaired) electrons. The second-order valence-corrected chi connectivity index (χ2v) is 5.59. The third kappa shape index (κ3) is 7.66. The Hall–Kier alpha value is -3.08. The fourth-order valence-corrected chi connectivity index (χ4v) is 2.01. The molecule has 0 aromatic heterocycles. The van der Waals surface area contributed by atoms with Crippen LogP contribution in [0, 0.1) is 0 Å². The summed E-state index contributed by atoms with van der Waals surface area (Å²) in [4.78, 5) is 0. The molecule has 0 spiro atoms. The number of benzene rings is 2. The third-order valence-electron chi connectivity index (χ3n) is 3.17. The number of ether oxygens (including phenoxy) is 3. The van der Waals surface area contributed by atoms with Gasteiger partial charge in [0.05, 0.1) is 30.3 Å². The molecular formula is C18H28N4O6. The molecular weight excluding hydrogens is 368 g/mol. The van der Waals surface area contributed by atoms with Crippen LogP contribution in [-0.2, 0) is 0 Å². The van der Waals surface area contributed by atoms with Crippen molar-refractivity contribution in [1.82, 2.24) is 0 Å². The molecule has 0 saturated heterocycles. The average molecular weight is 396 g/mol. The van der Waals surface area contributed by atoms with Gasteiger partial charge in [0, 0.05) is 11.8 Å². The van der Waals surface area contributed by atoms with Gasteiger partial charge < -0.3 is 52.5 Å². The van der Waals surface area contributed by atoms with Gasteiger partial charge in [0.25, 0.3) is 0 Å². The Bertz CT molecular complexity index is 713. The lowest BCUT2D eigenvalue weighted by Crippen LogP contribution is -2.10. The largest absolute Gasteiger partial charge is 0.489 e. The predicted octanol–water partition coefficient (Wildman–Crippen LogP) is 0.161. The van der Waals surface area contributed by atoms with E-state index in [0.29, 0.717) is 40.0 Å². The minimum atomic E-state index is -0.865. The van der Waals surface area contributed by atoms with E-state index in [4.69, 9.17) is 52.5 Å². The molecule has 0 fully saturated rings. The van der Waals surface area contributed by atoms with Gasteiger partial charge in [-0.15, -0.1) is 0 Å². The first-order valence-electron chi connectivity index (χ1n) is 8.44. The summed E-state index contributed by atoms with van der Waals surface area (Å²) >= 11 is 0. The van der Waals surface area contributed by atoms with Crippen molar-refractivity contribution < 1.29 is 29.5 Å². The Morgan fingerprint density at radius 3 is 1.71 bits per heavy atom. The van der Waals surface area contributed by atoms with Crippen LogP contribution in [0.4, 0.5) is 22.7 Å². The molecule has 10 nitrogen and oxygen atoms in total. The molecule has 2 rings (SSSR count). The minimum Gasteiger partial charge on any atom is -0.489 e. The number of anilines is 4. The highest BCUT2D eigenvalue weighted by Crippen LogP contribution is 2.32. The van der Waals surface area contributed by atoms with Crippen LogP contribution >= 0.6 is 0 Å². The number of aliphatic hydroxyl groups is 3. The molecule has 10 heteroatoms. The fourth-order valence-electron chi connectivity index (χ4n) is 2.01. The van der Waals surface area contributed by atoms with Gasteiger partial charge in [-0.25, -0.2) is 0 Å². The van der Waals surface area contributed by atoms with E-state index in [2.05, 4.69) is 0 Å². The SMILES string of the molecule is CC(O)Oc1ccc(N)cc1N.Nc1cc(N)c(OCCO)cc1OCCO. The van der Waals surface area contributed by atoms with Crippen LogP contribution in [0.5, 0.6) is 17.2 Å². The topological polar surface area (TPSA) is 192 Å². The zero-order chi connectivity index (χ0) is 21.1. The highest BCUT2D eigenvalue weighted by atomic mass is 16.6. The molecule has 1 unspecified atom stereocenters. The number of hydrogen-bond donors (Lipinski definition) is 7. The van der Waals surface area contributed by atoms with Crippen LogP contribution in [0.2, 0.25) is 0 Å². The molecule has 0 amide bonds. The summed E-state index contributed by atoms with van der Waals surface area (Å²) in [7, 11) is 0. The highest BCUT2D eigenvalue weighted by Gasteiger charge is 2.08. The molecule has 0 saturated carbocycles. The lowest BCUT2D eigenvalue weighted by atomic mass is 10.2. The number of nitrogen functional groups attached to an aromatic ring is 4. The van der Waals surface area contributed by atoms with Crippen molar-refractivity contribution in [3.05, 3.63) is 30.3 Å². The Labute approximate surface area is 163 Å². The van der Waals surface area contributed by atoms with Crippen LogP contribution in [0.1, 0.15) is 6.92 Å². The maximum atomic E-state index is 8.89. The van der Waals surface area contributed by atoms with Crippen LogP contribution in [-0.4, -0.2) is 48.0 Å². The molecule has 0 heterocycles. The number of hydrogen-bond acceptors (Lipinski definition) is 10. The Balaban J connectivity index is 0.000000292. The lowest BCUT2D eigenvalue weighted by Gasteiger charge is -2.12. The molecule has 11 N–H and O–H groups in total. The quantitative estimate of drug-likeness (QED) is 0.239. The Kier molecular flexibility index (Phi) is 9.51. The highest BCUT2D eigenvalue weighted by molar-refractivity contribution is 5.67. The van der Waals surface area contributed by atoms with Crippen molar-refractivity contribution in [2.24, 2.45) is 0 Å². The first kappa shape index (κ1) is 23.0. The van der Waals surface area contributed by atoms with Gasteiger partial charge in [-0.05, 0) is 31.2 Å². The molecule has 0 aliphatic carbocycles. The zero-order valence-corrected chi connectivity index (χ0v) is 15.7.